The molecule has 25 heavy (non-hydrogen) atoms. The van der Waals surface area contributed by atoms with Gasteiger partial charge in [0.25, 0.3) is 5.91 Å². The van der Waals surface area contributed by atoms with E-state index in [0.29, 0.717) is 18.7 Å². The Balaban J connectivity index is 1.62. The zero-order chi connectivity index (χ0) is 17.1. The fourth-order valence-corrected chi connectivity index (χ4v) is 3.27. The lowest BCUT2D eigenvalue weighted by Crippen LogP contribution is -2.36. The number of hydrogen-bond donors (Lipinski definition) is 1. The van der Waals surface area contributed by atoms with Crippen molar-refractivity contribution in [2.75, 3.05) is 13.2 Å². The van der Waals surface area contributed by atoms with Gasteiger partial charge in [0.05, 0.1) is 11.7 Å². The Morgan fingerprint density at radius 1 is 1.32 bits per heavy atom. The Labute approximate surface area is 145 Å². The van der Waals surface area contributed by atoms with Crippen LogP contribution >= 0.6 is 0 Å². The van der Waals surface area contributed by atoms with E-state index in [1.54, 1.807) is 24.8 Å². The summed E-state index contributed by atoms with van der Waals surface area (Å²) in [6.07, 6.45) is 9.14. The average Bonchev–Trinajstić information content (AvgIpc) is 3.31. The summed E-state index contributed by atoms with van der Waals surface area (Å²) in [5.41, 5.74) is 2.38. The molecule has 0 aliphatic carbocycles. The van der Waals surface area contributed by atoms with Crippen molar-refractivity contribution in [3.63, 3.8) is 0 Å². The minimum atomic E-state index is -0.0152. The molecule has 1 N–H and O–H groups in total. The van der Waals surface area contributed by atoms with Gasteiger partial charge in [0, 0.05) is 49.9 Å². The number of hydrogen-bond acceptors (Lipinski definition) is 4. The molecule has 128 valence electrons. The Hall–Kier alpha value is -2.73. The molecule has 1 saturated heterocycles. The number of carbonyl (C=O) groups is 1. The fraction of sp³-hybridized carbons (Fsp3) is 0.316. The normalized spacial score (nSPS) is 17.0. The molecule has 4 heterocycles. The number of carbonyl (C=O) groups excluding carboxylic acids is 1. The molecule has 3 aromatic heterocycles. The van der Waals surface area contributed by atoms with Gasteiger partial charge in [-0.2, -0.15) is 0 Å². The Bertz CT molecular complexity index is 856. The van der Waals surface area contributed by atoms with E-state index in [2.05, 4.69) is 15.0 Å². The van der Waals surface area contributed by atoms with Gasteiger partial charge in [-0.25, -0.2) is 4.98 Å². The molecule has 0 spiro atoms. The van der Waals surface area contributed by atoms with Crippen molar-refractivity contribution in [2.45, 2.75) is 25.5 Å². The average molecular weight is 336 g/mol. The molecule has 1 fully saturated rings. The highest BCUT2D eigenvalue weighted by molar-refractivity contribution is 6.05. The van der Waals surface area contributed by atoms with Crippen LogP contribution in [0.25, 0.3) is 11.0 Å². The molecule has 1 amide bonds. The maximum atomic E-state index is 13.2. The Kier molecular flexibility index (Phi) is 4.43. The Morgan fingerprint density at radius 3 is 3.04 bits per heavy atom. The molecule has 1 aliphatic rings. The zero-order valence-electron chi connectivity index (χ0n) is 13.9. The second kappa shape index (κ2) is 7.03. The van der Waals surface area contributed by atoms with Gasteiger partial charge in [-0.3, -0.25) is 9.78 Å². The van der Waals surface area contributed by atoms with Gasteiger partial charge in [-0.05, 0) is 36.6 Å². The van der Waals surface area contributed by atoms with Gasteiger partial charge in [0.15, 0.2) is 0 Å². The highest BCUT2D eigenvalue weighted by atomic mass is 16.5. The van der Waals surface area contributed by atoms with Crippen LogP contribution in [0.1, 0.15) is 28.8 Å². The largest absolute Gasteiger partial charge is 0.376 e. The number of pyridine rings is 2. The minimum absolute atomic E-state index is 0.0152. The molecule has 0 radical (unpaired) electrons. The minimum Gasteiger partial charge on any atom is -0.376 e. The first kappa shape index (κ1) is 15.8. The molecule has 0 unspecified atom stereocenters. The number of aromatic nitrogens is 3. The topological polar surface area (TPSA) is 71.1 Å². The predicted octanol–water partition coefficient (Wildman–Crippen LogP) is 2.78. The van der Waals surface area contributed by atoms with E-state index in [9.17, 15) is 4.79 Å². The van der Waals surface area contributed by atoms with Crippen molar-refractivity contribution in [3.8, 4) is 0 Å². The summed E-state index contributed by atoms with van der Waals surface area (Å²) < 4.78 is 5.75. The van der Waals surface area contributed by atoms with Crippen LogP contribution in [0.15, 0.2) is 49.1 Å². The van der Waals surface area contributed by atoms with E-state index in [1.807, 2.05) is 29.2 Å². The maximum absolute atomic E-state index is 13.2. The van der Waals surface area contributed by atoms with E-state index in [4.69, 9.17) is 4.74 Å². The van der Waals surface area contributed by atoms with E-state index < -0.39 is 0 Å². The second-order valence-corrected chi connectivity index (χ2v) is 6.28. The lowest BCUT2D eigenvalue weighted by atomic mass is 10.1. The summed E-state index contributed by atoms with van der Waals surface area (Å²) in [4.78, 5) is 26.6. The highest BCUT2D eigenvalue weighted by Crippen LogP contribution is 2.21. The van der Waals surface area contributed by atoms with Crippen LogP contribution in [0, 0.1) is 0 Å². The smallest absolute Gasteiger partial charge is 0.256 e. The van der Waals surface area contributed by atoms with Gasteiger partial charge in [0.2, 0.25) is 0 Å². The van der Waals surface area contributed by atoms with Crippen LogP contribution in [-0.2, 0) is 11.3 Å². The molecule has 0 aromatic carbocycles. The van der Waals surface area contributed by atoms with Crippen LogP contribution in [0.5, 0.6) is 0 Å². The van der Waals surface area contributed by atoms with Crippen molar-refractivity contribution in [1.29, 1.82) is 0 Å². The fourth-order valence-electron chi connectivity index (χ4n) is 3.27. The van der Waals surface area contributed by atoms with E-state index in [-0.39, 0.29) is 12.0 Å². The molecule has 1 aliphatic heterocycles. The van der Waals surface area contributed by atoms with Crippen molar-refractivity contribution in [1.82, 2.24) is 19.9 Å². The number of nitrogens with one attached hydrogen (secondary N) is 1. The number of amides is 1. The molecule has 1 atom stereocenters. The number of nitrogens with zero attached hydrogens (tertiary/aromatic N) is 3. The lowest BCUT2D eigenvalue weighted by molar-refractivity contribution is 0.0508. The van der Waals surface area contributed by atoms with E-state index in [1.165, 1.54) is 0 Å². The molecule has 6 nitrogen and oxygen atoms in total. The first-order valence-corrected chi connectivity index (χ1v) is 8.53. The number of rotatable bonds is 5. The van der Waals surface area contributed by atoms with Crippen LogP contribution < -0.4 is 0 Å². The number of fused-ring (bicyclic) bond motifs is 1. The number of aromatic amines is 1. The van der Waals surface area contributed by atoms with Gasteiger partial charge >= 0.3 is 0 Å². The molecule has 6 heteroatoms. The first-order valence-electron chi connectivity index (χ1n) is 8.53. The molecule has 0 bridgehead atoms. The summed E-state index contributed by atoms with van der Waals surface area (Å²) in [7, 11) is 0. The number of ether oxygens (including phenoxy) is 1. The predicted molar refractivity (Wildman–Crippen MR) is 94.0 cm³/mol. The Morgan fingerprint density at radius 2 is 2.24 bits per heavy atom. The number of H-pyrrole nitrogens is 1. The molecule has 3 aromatic rings. The van der Waals surface area contributed by atoms with Crippen molar-refractivity contribution in [3.05, 3.63) is 60.2 Å². The molecular formula is C19H20N4O2. The summed E-state index contributed by atoms with van der Waals surface area (Å²) >= 11 is 0. The maximum Gasteiger partial charge on any atom is 0.256 e. The summed E-state index contributed by atoms with van der Waals surface area (Å²) in [5, 5.41) is 0.844. The summed E-state index contributed by atoms with van der Waals surface area (Å²) in [6, 6.07) is 7.64. The SMILES string of the molecule is O=C(c1c[nH]c2ncccc12)N(Cc1cccnc1)C[C@H]1CCCO1. The highest BCUT2D eigenvalue weighted by Gasteiger charge is 2.25. The third-order valence-corrected chi connectivity index (χ3v) is 4.51. The van der Waals surface area contributed by atoms with E-state index >= 15 is 0 Å². The van der Waals surface area contributed by atoms with Gasteiger partial charge in [-0.15, -0.1) is 0 Å². The van der Waals surface area contributed by atoms with Crippen LogP contribution in [0.3, 0.4) is 0 Å². The van der Waals surface area contributed by atoms with Gasteiger partial charge in [-0.1, -0.05) is 6.07 Å². The van der Waals surface area contributed by atoms with Crippen LogP contribution in [-0.4, -0.2) is 45.0 Å². The lowest BCUT2D eigenvalue weighted by Gasteiger charge is -2.25. The third-order valence-electron chi connectivity index (χ3n) is 4.51. The standard InChI is InChI=1S/C19H20N4O2/c24-19(17-11-22-18-16(17)6-2-8-21-18)23(13-15-5-3-9-25-15)12-14-4-1-7-20-10-14/h1-2,4,6-8,10-11,15H,3,5,9,12-13H2,(H,21,22)/t15-/m1/s1. The van der Waals surface area contributed by atoms with Crippen LogP contribution in [0.2, 0.25) is 0 Å². The quantitative estimate of drug-likeness (QED) is 0.778. The van der Waals surface area contributed by atoms with Crippen molar-refractivity contribution in [2.24, 2.45) is 0 Å². The van der Waals surface area contributed by atoms with Crippen molar-refractivity contribution < 1.29 is 9.53 Å². The van der Waals surface area contributed by atoms with E-state index in [0.717, 1.165) is 36.0 Å². The summed E-state index contributed by atoms with van der Waals surface area (Å²) in [6.45, 7) is 1.87. The first-order chi connectivity index (χ1) is 12.3. The second-order valence-electron chi connectivity index (χ2n) is 6.28. The molecule has 4 rings (SSSR count). The molecular weight excluding hydrogens is 316 g/mol. The third kappa shape index (κ3) is 3.39. The van der Waals surface area contributed by atoms with Crippen molar-refractivity contribution >= 4 is 16.9 Å². The van der Waals surface area contributed by atoms with Crippen LogP contribution in [0.4, 0.5) is 0 Å². The zero-order valence-corrected chi connectivity index (χ0v) is 13.9. The molecule has 0 saturated carbocycles. The summed E-state index contributed by atoms with van der Waals surface area (Å²) in [5.74, 6) is -0.0152. The van der Waals surface area contributed by atoms with Gasteiger partial charge < -0.3 is 14.6 Å². The van der Waals surface area contributed by atoms with Gasteiger partial charge in [0.1, 0.15) is 5.65 Å². The monoisotopic (exact) mass is 336 g/mol.